The number of rotatable bonds is 4. The highest BCUT2D eigenvalue weighted by atomic mass is 35.5. The molecule has 0 unspecified atom stereocenters. The number of carbonyl (C=O) groups excluding carboxylic acids is 1. The lowest BCUT2D eigenvalue weighted by molar-refractivity contribution is 0.102. The predicted molar refractivity (Wildman–Crippen MR) is 102 cm³/mol. The molecule has 1 aromatic heterocycles. The maximum absolute atomic E-state index is 14.0. The highest BCUT2D eigenvalue weighted by Crippen LogP contribution is 2.25. The van der Waals surface area contributed by atoms with Crippen molar-refractivity contribution >= 4 is 34.8 Å². The third kappa shape index (κ3) is 3.74. The van der Waals surface area contributed by atoms with Crippen LogP contribution in [-0.2, 0) is 6.54 Å². The van der Waals surface area contributed by atoms with Crippen LogP contribution in [0.1, 0.15) is 27.2 Å². The number of aromatic nitrogens is 2. The first kappa shape index (κ1) is 18.4. The summed E-state index contributed by atoms with van der Waals surface area (Å²) in [6.07, 6.45) is 0. The average Bonchev–Trinajstić information content (AvgIpc) is 2.87. The number of aryl methyl sites for hydroxylation is 2. The molecule has 0 saturated carbocycles. The van der Waals surface area contributed by atoms with Crippen LogP contribution >= 0.6 is 23.2 Å². The Bertz CT molecular complexity index is 968. The van der Waals surface area contributed by atoms with Crippen LogP contribution < -0.4 is 5.32 Å². The number of benzene rings is 2. The summed E-state index contributed by atoms with van der Waals surface area (Å²) in [5.74, 6) is -1.23. The topological polar surface area (TPSA) is 46.9 Å². The molecule has 0 aliphatic carbocycles. The van der Waals surface area contributed by atoms with Crippen LogP contribution in [0.5, 0.6) is 0 Å². The van der Waals surface area contributed by atoms with Gasteiger partial charge in [0.15, 0.2) is 5.82 Å². The fraction of sp³-hybridized carbons (Fsp3) is 0.158. The van der Waals surface area contributed by atoms with E-state index in [-0.39, 0.29) is 21.4 Å². The zero-order chi connectivity index (χ0) is 18.8. The van der Waals surface area contributed by atoms with Gasteiger partial charge in [-0.05, 0) is 31.5 Å². The van der Waals surface area contributed by atoms with Gasteiger partial charge >= 0.3 is 0 Å². The molecule has 0 spiro atoms. The molecule has 0 bridgehead atoms. The van der Waals surface area contributed by atoms with Gasteiger partial charge in [0.05, 0.1) is 28.5 Å². The molecule has 0 atom stereocenters. The Morgan fingerprint density at radius 3 is 2.54 bits per heavy atom. The van der Waals surface area contributed by atoms with Gasteiger partial charge in [0.2, 0.25) is 0 Å². The fourth-order valence-electron chi connectivity index (χ4n) is 2.57. The van der Waals surface area contributed by atoms with Gasteiger partial charge in [0.1, 0.15) is 5.15 Å². The summed E-state index contributed by atoms with van der Waals surface area (Å²) in [4.78, 5) is 12.6. The number of carbonyl (C=O) groups is 1. The van der Waals surface area contributed by atoms with Crippen molar-refractivity contribution in [2.75, 3.05) is 5.32 Å². The molecule has 7 heteroatoms. The number of nitrogens with one attached hydrogen (secondary N) is 1. The predicted octanol–water partition coefficient (Wildman–Crippen LogP) is 5.25. The Morgan fingerprint density at radius 2 is 1.85 bits per heavy atom. The maximum atomic E-state index is 14.0. The standard InChI is InChI=1S/C19H16Cl2FN3O/c1-11-6-8-13(9-7-11)10-25-18(21)16(12(2)24-25)19(26)23-15-5-3-4-14(20)17(15)22/h3-9H,10H2,1-2H3,(H,23,26). The van der Waals surface area contributed by atoms with Gasteiger partial charge in [0, 0.05) is 0 Å². The number of amides is 1. The lowest BCUT2D eigenvalue weighted by Crippen LogP contribution is -2.14. The summed E-state index contributed by atoms with van der Waals surface area (Å²) in [5.41, 5.74) is 2.82. The molecule has 3 rings (SSSR count). The van der Waals surface area contributed by atoms with Gasteiger partial charge in [-0.25, -0.2) is 9.07 Å². The minimum absolute atomic E-state index is 0.00995. The van der Waals surface area contributed by atoms with E-state index < -0.39 is 11.7 Å². The molecule has 0 radical (unpaired) electrons. The second-order valence-electron chi connectivity index (χ2n) is 5.95. The van der Waals surface area contributed by atoms with E-state index in [0.717, 1.165) is 11.1 Å². The number of anilines is 1. The minimum Gasteiger partial charge on any atom is -0.319 e. The average molecular weight is 392 g/mol. The van der Waals surface area contributed by atoms with Gasteiger partial charge in [-0.15, -0.1) is 0 Å². The number of hydrogen-bond acceptors (Lipinski definition) is 2. The van der Waals surface area contributed by atoms with Crippen LogP contribution in [-0.4, -0.2) is 15.7 Å². The Balaban J connectivity index is 1.86. The minimum atomic E-state index is -0.691. The zero-order valence-electron chi connectivity index (χ0n) is 14.2. The number of halogens is 3. The molecule has 1 N–H and O–H groups in total. The first-order valence-corrected chi connectivity index (χ1v) is 8.66. The first-order chi connectivity index (χ1) is 12.4. The van der Waals surface area contributed by atoms with Crippen LogP contribution in [0.2, 0.25) is 10.2 Å². The van der Waals surface area contributed by atoms with Gasteiger partial charge < -0.3 is 5.32 Å². The number of hydrogen-bond donors (Lipinski definition) is 1. The van der Waals surface area contributed by atoms with Crippen molar-refractivity contribution in [3.05, 3.63) is 80.8 Å². The van der Waals surface area contributed by atoms with Gasteiger partial charge in [0.25, 0.3) is 5.91 Å². The molecular formula is C19H16Cl2FN3O. The van der Waals surface area contributed by atoms with E-state index in [2.05, 4.69) is 10.4 Å². The van der Waals surface area contributed by atoms with Crippen LogP contribution in [0.15, 0.2) is 42.5 Å². The molecule has 1 amide bonds. The largest absolute Gasteiger partial charge is 0.319 e. The normalized spacial score (nSPS) is 10.8. The van der Waals surface area contributed by atoms with Crippen molar-refractivity contribution in [2.45, 2.75) is 20.4 Å². The Labute approximate surface area is 160 Å². The Hall–Kier alpha value is -2.37. The van der Waals surface area contributed by atoms with Crippen molar-refractivity contribution in [1.29, 1.82) is 0 Å². The van der Waals surface area contributed by atoms with E-state index in [1.165, 1.54) is 12.1 Å². The molecule has 0 saturated heterocycles. The van der Waals surface area contributed by atoms with E-state index in [4.69, 9.17) is 23.2 Å². The Kier molecular flexibility index (Phi) is 5.30. The maximum Gasteiger partial charge on any atom is 0.260 e. The third-order valence-electron chi connectivity index (χ3n) is 3.95. The third-order valence-corrected chi connectivity index (χ3v) is 4.62. The van der Waals surface area contributed by atoms with Crippen molar-refractivity contribution in [1.82, 2.24) is 9.78 Å². The van der Waals surface area contributed by atoms with Gasteiger partial charge in [-0.1, -0.05) is 59.1 Å². The molecule has 26 heavy (non-hydrogen) atoms. The molecule has 0 fully saturated rings. The summed E-state index contributed by atoms with van der Waals surface area (Å²) >= 11 is 12.1. The molecule has 3 aromatic rings. The number of nitrogens with zero attached hydrogens (tertiary/aromatic N) is 2. The summed E-state index contributed by atoms with van der Waals surface area (Å²) in [6, 6.07) is 12.3. The lowest BCUT2D eigenvalue weighted by atomic mass is 10.1. The molecule has 4 nitrogen and oxygen atoms in total. The molecule has 0 aliphatic rings. The van der Waals surface area contributed by atoms with Crippen LogP contribution in [0.25, 0.3) is 0 Å². The van der Waals surface area contributed by atoms with Crippen LogP contribution in [0, 0.1) is 19.7 Å². The van der Waals surface area contributed by atoms with Gasteiger partial charge in [-0.2, -0.15) is 5.10 Å². The molecule has 2 aromatic carbocycles. The van der Waals surface area contributed by atoms with E-state index in [9.17, 15) is 9.18 Å². The van der Waals surface area contributed by atoms with Crippen molar-refractivity contribution in [3.8, 4) is 0 Å². The Morgan fingerprint density at radius 1 is 1.15 bits per heavy atom. The molecule has 134 valence electrons. The molecule has 0 aliphatic heterocycles. The molecular weight excluding hydrogens is 376 g/mol. The summed E-state index contributed by atoms with van der Waals surface area (Å²) in [6.45, 7) is 4.12. The van der Waals surface area contributed by atoms with E-state index in [1.54, 1.807) is 17.7 Å². The molecule has 1 heterocycles. The second-order valence-corrected chi connectivity index (χ2v) is 6.72. The van der Waals surface area contributed by atoms with Gasteiger partial charge in [-0.3, -0.25) is 4.79 Å². The quantitative estimate of drug-likeness (QED) is 0.660. The van der Waals surface area contributed by atoms with Crippen LogP contribution in [0.4, 0.5) is 10.1 Å². The van der Waals surface area contributed by atoms with E-state index in [0.29, 0.717) is 12.2 Å². The van der Waals surface area contributed by atoms with Crippen molar-refractivity contribution < 1.29 is 9.18 Å². The van der Waals surface area contributed by atoms with Crippen molar-refractivity contribution in [3.63, 3.8) is 0 Å². The highest BCUT2D eigenvalue weighted by molar-refractivity contribution is 6.34. The van der Waals surface area contributed by atoms with E-state index in [1.807, 2.05) is 31.2 Å². The second kappa shape index (κ2) is 7.48. The lowest BCUT2D eigenvalue weighted by Gasteiger charge is -2.07. The van der Waals surface area contributed by atoms with Crippen molar-refractivity contribution in [2.24, 2.45) is 0 Å². The first-order valence-electron chi connectivity index (χ1n) is 7.90. The fourth-order valence-corrected chi connectivity index (χ4v) is 3.06. The van der Waals surface area contributed by atoms with E-state index >= 15 is 0 Å². The smallest absolute Gasteiger partial charge is 0.260 e. The summed E-state index contributed by atoms with van der Waals surface area (Å²) < 4.78 is 15.6. The zero-order valence-corrected chi connectivity index (χ0v) is 15.7. The van der Waals surface area contributed by atoms with Crippen LogP contribution in [0.3, 0.4) is 0 Å². The summed E-state index contributed by atoms with van der Waals surface area (Å²) in [7, 11) is 0. The SMILES string of the molecule is Cc1ccc(Cn2nc(C)c(C(=O)Nc3cccc(Cl)c3F)c2Cl)cc1. The monoisotopic (exact) mass is 391 g/mol. The highest BCUT2D eigenvalue weighted by Gasteiger charge is 2.21. The summed E-state index contributed by atoms with van der Waals surface area (Å²) in [5, 5.41) is 6.96.